The number of nitrogens with zero attached hydrogens (tertiary/aromatic N) is 2. The number of fused-ring (bicyclic) bond motifs is 1. The zero-order valence-electron chi connectivity index (χ0n) is 19.1. The Bertz CT molecular complexity index is 1220. The van der Waals surface area contributed by atoms with Crippen LogP contribution in [0.15, 0.2) is 42.5 Å². The minimum absolute atomic E-state index is 0.327. The fourth-order valence-electron chi connectivity index (χ4n) is 4.25. The standard InChI is InChI=1S/C24H26N4O5/c1-13-19-20(14-7-6-8-16(11-14)31-3)21(24(30)26-22(19)28(2)27-13)25-23(29)15-9-10-17(32-4)18(12-15)33-5/h6-12,20-21H,1-5H3,(H,25,29)(H,26,30)/t20-,21-/m1/s1. The summed E-state index contributed by atoms with van der Waals surface area (Å²) in [7, 11) is 6.39. The van der Waals surface area contributed by atoms with E-state index in [2.05, 4.69) is 15.7 Å². The molecule has 4 rings (SSSR count). The largest absolute Gasteiger partial charge is 0.497 e. The number of carbonyl (C=O) groups excluding carboxylic acids is 2. The summed E-state index contributed by atoms with van der Waals surface area (Å²) in [5.74, 6) is 1.01. The van der Waals surface area contributed by atoms with Gasteiger partial charge in [-0.2, -0.15) is 5.10 Å². The second-order valence-electron chi connectivity index (χ2n) is 7.74. The molecule has 33 heavy (non-hydrogen) atoms. The number of aromatic nitrogens is 2. The van der Waals surface area contributed by atoms with Crippen LogP contribution in [0.1, 0.15) is 33.1 Å². The Kier molecular flexibility index (Phi) is 5.95. The smallest absolute Gasteiger partial charge is 0.252 e. The maximum atomic E-state index is 13.2. The predicted molar refractivity (Wildman–Crippen MR) is 122 cm³/mol. The topological polar surface area (TPSA) is 104 Å². The number of hydrogen-bond acceptors (Lipinski definition) is 6. The molecule has 0 aliphatic carbocycles. The summed E-state index contributed by atoms with van der Waals surface area (Å²) in [5.41, 5.74) is 2.80. The van der Waals surface area contributed by atoms with E-state index in [1.165, 1.54) is 14.2 Å². The van der Waals surface area contributed by atoms with E-state index in [1.807, 2.05) is 31.2 Å². The molecular formula is C24H26N4O5. The van der Waals surface area contributed by atoms with Crippen LogP contribution in [0.25, 0.3) is 0 Å². The van der Waals surface area contributed by atoms with Crippen LogP contribution in [0.2, 0.25) is 0 Å². The Morgan fingerprint density at radius 3 is 2.52 bits per heavy atom. The number of aryl methyl sites for hydroxylation is 2. The number of rotatable bonds is 6. The third-order valence-electron chi connectivity index (χ3n) is 5.82. The van der Waals surface area contributed by atoms with Gasteiger partial charge >= 0.3 is 0 Å². The Labute approximate surface area is 191 Å². The lowest BCUT2D eigenvalue weighted by Crippen LogP contribution is -2.50. The second kappa shape index (κ2) is 8.85. The zero-order valence-corrected chi connectivity index (χ0v) is 19.1. The number of methoxy groups -OCH3 is 3. The predicted octanol–water partition coefficient (Wildman–Crippen LogP) is 2.64. The minimum atomic E-state index is -0.867. The van der Waals surface area contributed by atoms with Gasteiger partial charge in [0.1, 0.15) is 17.6 Å². The van der Waals surface area contributed by atoms with E-state index in [1.54, 1.807) is 37.0 Å². The molecule has 2 N–H and O–H groups in total. The maximum absolute atomic E-state index is 13.2. The van der Waals surface area contributed by atoms with Crippen molar-refractivity contribution in [1.82, 2.24) is 15.1 Å². The van der Waals surface area contributed by atoms with E-state index in [4.69, 9.17) is 14.2 Å². The van der Waals surface area contributed by atoms with Crippen LogP contribution in [0.4, 0.5) is 5.82 Å². The summed E-state index contributed by atoms with van der Waals surface area (Å²) < 4.78 is 17.6. The highest BCUT2D eigenvalue weighted by Gasteiger charge is 2.41. The number of hydrogen-bond donors (Lipinski definition) is 2. The van der Waals surface area contributed by atoms with Gasteiger partial charge in [-0.3, -0.25) is 14.3 Å². The third-order valence-corrected chi connectivity index (χ3v) is 5.82. The molecule has 2 heterocycles. The van der Waals surface area contributed by atoms with Crippen LogP contribution in [-0.2, 0) is 11.8 Å². The van der Waals surface area contributed by atoms with Crippen LogP contribution in [0.3, 0.4) is 0 Å². The molecule has 0 unspecified atom stereocenters. The van der Waals surface area contributed by atoms with Gasteiger partial charge in [0, 0.05) is 24.1 Å². The Morgan fingerprint density at radius 1 is 1.06 bits per heavy atom. The van der Waals surface area contributed by atoms with Crippen molar-refractivity contribution in [3.05, 3.63) is 64.8 Å². The fourth-order valence-corrected chi connectivity index (χ4v) is 4.25. The van der Waals surface area contributed by atoms with E-state index in [0.29, 0.717) is 28.6 Å². The number of benzene rings is 2. The average molecular weight is 450 g/mol. The van der Waals surface area contributed by atoms with Gasteiger partial charge in [-0.05, 0) is 42.8 Å². The molecule has 0 saturated heterocycles. The van der Waals surface area contributed by atoms with Crippen LogP contribution in [0, 0.1) is 6.92 Å². The lowest BCUT2D eigenvalue weighted by atomic mass is 9.81. The maximum Gasteiger partial charge on any atom is 0.252 e. The van der Waals surface area contributed by atoms with Crippen LogP contribution in [-0.4, -0.2) is 49.0 Å². The number of ether oxygens (including phenoxy) is 3. The summed E-state index contributed by atoms with van der Waals surface area (Å²) in [5, 5.41) is 10.3. The normalized spacial score (nSPS) is 17.1. The van der Waals surface area contributed by atoms with Crippen LogP contribution in [0.5, 0.6) is 17.2 Å². The molecule has 1 aliphatic rings. The van der Waals surface area contributed by atoms with Crippen molar-refractivity contribution >= 4 is 17.6 Å². The molecule has 0 saturated carbocycles. The quantitative estimate of drug-likeness (QED) is 0.599. The number of amides is 2. The lowest BCUT2D eigenvalue weighted by Gasteiger charge is -2.32. The SMILES string of the molecule is COc1cccc([C@@H]2c3c(C)nn(C)c3NC(=O)[C@@H]2NC(=O)c2ccc(OC)c(OC)c2)c1. The first-order chi connectivity index (χ1) is 15.9. The van der Waals surface area contributed by atoms with E-state index in [-0.39, 0.29) is 5.91 Å². The second-order valence-corrected chi connectivity index (χ2v) is 7.74. The summed E-state index contributed by atoms with van der Waals surface area (Å²) >= 11 is 0. The molecule has 2 amide bonds. The third kappa shape index (κ3) is 3.97. The molecular weight excluding hydrogens is 424 g/mol. The van der Waals surface area contributed by atoms with E-state index < -0.39 is 17.9 Å². The molecule has 1 aliphatic heterocycles. The molecule has 2 aromatic carbocycles. The first-order valence-corrected chi connectivity index (χ1v) is 10.4. The monoisotopic (exact) mass is 450 g/mol. The summed E-state index contributed by atoms with van der Waals surface area (Å²) in [6, 6.07) is 11.5. The highest BCUT2D eigenvalue weighted by Crippen LogP contribution is 2.40. The molecule has 9 heteroatoms. The van der Waals surface area contributed by atoms with Gasteiger partial charge in [-0.1, -0.05) is 12.1 Å². The Balaban J connectivity index is 1.76. The van der Waals surface area contributed by atoms with Gasteiger partial charge in [0.25, 0.3) is 5.91 Å². The fraction of sp³-hybridized carbons (Fsp3) is 0.292. The Hall–Kier alpha value is -4.01. The first-order valence-electron chi connectivity index (χ1n) is 10.4. The van der Waals surface area contributed by atoms with Gasteiger partial charge in [0.2, 0.25) is 5.91 Å². The van der Waals surface area contributed by atoms with Crippen molar-refractivity contribution in [1.29, 1.82) is 0 Å². The average Bonchev–Trinajstić information content (AvgIpc) is 3.11. The van der Waals surface area contributed by atoms with E-state index in [9.17, 15) is 9.59 Å². The molecule has 9 nitrogen and oxygen atoms in total. The van der Waals surface area contributed by atoms with Crippen molar-refractivity contribution in [2.45, 2.75) is 18.9 Å². The first kappa shape index (κ1) is 22.2. The number of carbonyl (C=O) groups is 2. The lowest BCUT2D eigenvalue weighted by molar-refractivity contribution is -0.118. The van der Waals surface area contributed by atoms with Crippen LogP contribution < -0.4 is 24.8 Å². The van der Waals surface area contributed by atoms with Crippen molar-refractivity contribution in [3.63, 3.8) is 0 Å². The van der Waals surface area contributed by atoms with E-state index >= 15 is 0 Å². The molecule has 0 spiro atoms. The molecule has 2 atom stereocenters. The van der Waals surface area contributed by atoms with Crippen molar-refractivity contribution in [2.75, 3.05) is 26.6 Å². The van der Waals surface area contributed by atoms with Gasteiger partial charge in [0.05, 0.1) is 27.0 Å². The number of nitrogens with one attached hydrogen (secondary N) is 2. The number of anilines is 1. The molecule has 0 fully saturated rings. The van der Waals surface area contributed by atoms with E-state index in [0.717, 1.165) is 16.8 Å². The van der Waals surface area contributed by atoms with Gasteiger partial charge in [-0.25, -0.2) is 0 Å². The molecule has 3 aromatic rings. The van der Waals surface area contributed by atoms with Gasteiger partial charge in [0.15, 0.2) is 11.5 Å². The molecule has 172 valence electrons. The molecule has 0 radical (unpaired) electrons. The van der Waals surface area contributed by atoms with Gasteiger partial charge < -0.3 is 24.8 Å². The van der Waals surface area contributed by atoms with Crippen molar-refractivity contribution in [3.8, 4) is 17.2 Å². The summed E-state index contributed by atoms with van der Waals surface area (Å²) in [6.45, 7) is 1.89. The van der Waals surface area contributed by atoms with Crippen molar-refractivity contribution in [2.24, 2.45) is 7.05 Å². The zero-order chi connectivity index (χ0) is 23.7. The highest BCUT2D eigenvalue weighted by atomic mass is 16.5. The van der Waals surface area contributed by atoms with Gasteiger partial charge in [-0.15, -0.1) is 0 Å². The van der Waals surface area contributed by atoms with Crippen molar-refractivity contribution < 1.29 is 23.8 Å². The molecule has 0 bridgehead atoms. The van der Waals surface area contributed by atoms with Crippen LogP contribution >= 0.6 is 0 Å². The highest BCUT2D eigenvalue weighted by molar-refractivity contribution is 6.04. The summed E-state index contributed by atoms with van der Waals surface area (Å²) in [6.07, 6.45) is 0. The minimum Gasteiger partial charge on any atom is -0.497 e. The molecule has 1 aromatic heterocycles. The summed E-state index contributed by atoms with van der Waals surface area (Å²) in [4.78, 5) is 26.4. The Morgan fingerprint density at radius 2 is 1.82 bits per heavy atom.